The maximum Gasteiger partial charge on any atom is 0.253 e. The number of nitrogens with one attached hydrogen (secondary N) is 1. The third-order valence-electron chi connectivity index (χ3n) is 3.40. The fourth-order valence-electron chi connectivity index (χ4n) is 2.40. The molecule has 1 N–H and O–H groups in total. The summed E-state index contributed by atoms with van der Waals surface area (Å²) in [6.45, 7) is 4.88. The molecule has 5 heteroatoms. The van der Waals surface area contributed by atoms with Gasteiger partial charge in [0, 0.05) is 24.2 Å². The van der Waals surface area contributed by atoms with Gasteiger partial charge in [-0.1, -0.05) is 0 Å². The van der Waals surface area contributed by atoms with Crippen LogP contribution in [0.4, 0.5) is 0 Å². The van der Waals surface area contributed by atoms with E-state index < -0.39 is 0 Å². The van der Waals surface area contributed by atoms with Crippen molar-refractivity contribution in [2.75, 3.05) is 12.3 Å². The number of hydrogen-bond acceptors (Lipinski definition) is 3. The minimum atomic E-state index is -0.0883. The Hall–Kier alpha value is -1.23. The van der Waals surface area contributed by atoms with Crippen LogP contribution < -0.4 is 5.56 Å². The molecule has 1 aromatic rings. The lowest BCUT2D eigenvalue weighted by Gasteiger charge is -2.17. The summed E-state index contributed by atoms with van der Waals surface area (Å²) in [5, 5.41) is 0. The molecule has 1 saturated heterocycles. The topological polar surface area (TPSA) is 53.2 Å². The SMILES string of the molecule is Cc1cc(C)c(CN2CC(CS)CC2=O)c(=O)[nH]1. The summed E-state index contributed by atoms with van der Waals surface area (Å²) in [5.41, 5.74) is 2.39. The molecular formula is C13H18N2O2S. The molecule has 2 heterocycles. The van der Waals surface area contributed by atoms with Crippen LogP contribution in [0.1, 0.15) is 23.2 Å². The van der Waals surface area contributed by atoms with E-state index >= 15 is 0 Å². The quantitative estimate of drug-likeness (QED) is 0.810. The van der Waals surface area contributed by atoms with Crippen LogP contribution in [0.15, 0.2) is 10.9 Å². The van der Waals surface area contributed by atoms with Gasteiger partial charge in [-0.25, -0.2) is 0 Å². The van der Waals surface area contributed by atoms with Crippen molar-refractivity contribution in [3.63, 3.8) is 0 Å². The number of carbonyl (C=O) groups excluding carboxylic acids is 1. The summed E-state index contributed by atoms with van der Waals surface area (Å²) >= 11 is 4.23. The summed E-state index contributed by atoms with van der Waals surface area (Å²) in [5.74, 6) is 1.14. The maximum absolute atomic E-state index is 11.9. The molecule has 0 aliphatic carbocycles. The lowest BCUT2D eigenvalue weighted by Crippen LogP contribution is -2.29. The molecule has 1 aliphatic heterocycles. The molecule has 1 atom stereocenters. The van der Waals surface area contributed by atoms with Crippen molar-refractivity contribution < 1.29 is 4.79 Å². The van der Waals surface area contributed by atoms with Crippen molar-refractivity contribution in [1.29, 1.82) is 0 Å². The van der Waals surface area contributed by atoms with Crippen molar-refractivity contribution in [3.05, 3.63) is 33.2 Å². The van der Waals surface area contributed by atoms with Gasteiger partial charge in [0.05, 0.1) is 6.54 Å². The third-order valence-corrected chi connectivity index (χ3v) is 3.91. The van der Waals surface area contributed by atoms with Crippen LogP contribution in [0.5, 0.6) is 0 Å². The number of aromatic amines is 1. The van der Waals surface area contributed by atoms with Crippen LogP contribution in [0.25, 0.3) is 0 Å². The summed E-state index contributed by atoms with van der Waals surface area (Å²) in [7, 11) is 0. The van der Waals surface area contributed by atoms with Gasteiger partial charge < -0.3 is 9.88 Å². The van der Waals surface area contributed by atoms with Crippen LogP contribution in [0.2, 0.25) is 0 Å². The van der Waals surface area contributed by atoms with Crippen LogP contribution in [-0.2, 0) is 11.3 Å². The van der Waals surface area contributed by atoms with E-state index in [0.29, 0.717) is 36.7 Å². The molecule has 0 saturated carbocycles. The fourth-order valence-corrected chi connectivity index (χ4v) is 2.64. The molecule has 4 nitrogen and oxygen atoms in total. The van der Waals surface area contributed by atoms with Crippen LogP contribution in [-0.4, -0.2) is 28.1 Å². The van der Waals surface area contributed by atoms with E-state index in [1.165, 1.54) is 0 Å². The molecule has 1 unspecified atom stereocenters. The van der Waals surface area contributed by atoms with Gasteiger partial charge in [-0.15, -0.1) is 0 Å². The highest BCUT2D eigenvalue weighted by molar-refractivity contribution is 7.80. The Balaban J connectivity index is 2.20. The Morgan fingerprint density at radius 1 is 1.44 bits per heavy atom. The molecule has 1 fully saturated rings. The van der Waals surface area contributed by atoms with Crippen LogP contribution in [0.3, 0.4) is 0 Å². The van der Waals surface area contributed by atoms with Gasteiger partial charge in [0.1, 0.15) is 0 Å². The van der Waals surface area contributed by atoms with Gasteiger partial charge in [-0.05, 0) is 37.1 Å². The van der Waals surface area contributed by atoms with E-state index in [4.69, 9.17) is 0 Å². The van der Waals surface area contributed by atoms with E-state index in [2.05, 4.69) is 17.6 Å². The lowest BCUT2D eigenvalue weighted by molar-refractivity contribution is -0.128. The number of rotatable bonds is 3. The zero-order valence-corrected chi connectivity index (χ0v) is 11.6. The zero-order valence-electron chi connectivity index (χ0n) is 10.7. The third kappa shape index (κ3) is 2.61. The summed E-state index contributed by atoms with van der Waals surface area (Å²) in [6.07, 6.45) is 0.548. The number of amides is 1. The number of pyridine rings is 1. The van der Waals surface area contributed by atoms with Crippen molar-refractivity contribution in [3.8, 4) is 0 Å². The minimum absolute atomic E-state index is 0.0883. The van der Waals surface area contributed by atoms with E-state index in [1.807, 2.05) is 19.9 Å². The Labute approximate surface area is 112 Å². The first-order chi connectivity index (χ1) is 8.51. The molecule has 1 aliphatic rings. The number of nitrogens with zero attached hydrogens (tertiary/aromatic N) is 1. The average Bonchev–Trinajstić information content (AvgIpc) is 2.64. The number of aryl methyl sites for hydroxylation is 2. The second kappa shape index (κ2) is 5.18. The molecule has 0 bridgehead atoms. The molecule has 2 rings (SSSR count). The molecule has 0 aromatic carbocycles. The summed E-state index contributed by atoms with van der Waals surface area (Å²) in [6, 6.07) is 1.94. The normalized spacial score (nSPS) is 19.6. The number of likely N-dealkylation sites (tertiary alicyclic amines) is 1. The Morgan fingerprint density at radius 2 is 2.17 bits per heavy atom. The molecule has 98 valence electrons. The Kier molecular flexibility index (Phi) is 3.80. The van der Waals surface area contributed by atoms with E-state index in [1.54, 1.807) is 4.90 Å². The lowest BCUT2D eigenvalue weighted by atomic mass is 10.1. The minimum Gasteiger partial charge on any atom is -0.338 e. The zero-order chi connectivity index (χ0) is 13.3. The maximum atomic E-state index is 11.9. The molecule has 1 amide bonds. The highest BCUT2D eigenvalue weighted by Crippen LogP contribution is 2.21. The first kappa shape index (κ1) is 13.2. The van der Waals surface area contributed by atoms with Crippen molar-refractivity contribution >= 4 is 18.5 Å². The highest BCUT2D eigenvalue weighted by Gasteiger charge is 2.29. The van der Waals surface area contributed by atoms with Gasteiger partial charge in [0.25, 0.3) is 5.56 Å². The standard InChI is InChI=1S/C13H18N2O2S/c1-8-3-9(2)14-13(17)11(8)6-15-5-10(7-18)4-12(15)16/h3,10,18H,4-7H2,1-2H3,(H,14,17). The average molecular weight is 266 g/mol. The summed E-state index contributed by atoms with van der Waals surface area (Å²) < 4.78 is 0. The van der Waals surface area contributed by atoms with Crippen molar-refractivity contribution in [1.82, 2.24) is 9.88 Å². The van der Waals surface area contributed by atoms with E-state index in [-0.39, 0.29) is 11.5 Å². The van der Waals surface area contributed by atoms with Gasteiger partial charge >= 0.3 is 0 Å². The number of carbonyl (C=O) groups is 1. The van der Waals surface area contributed by atoms with Crippen LogP contribution >= 0.6 is 12.6 Å². The van der Waals surface area contributed by atoms with Gasteiger partial charge in [-0.2, -0.15) is 12.6 Å². The number of aromatic nitrogens is 1. The largest absolute Gasteiger partial charge is 0.338 e. The fraction of sp³-hybridized carbons (Fsp3) is 0.538. The van der Waals surface area contributed by atoms with E-state index in [0.717, 1.165) is 11.3 Å². The first-order valence-corrected chi connectivity index (χ1v) is 6.72. The monoisotopic (exact) mass is 266 g/mol. The van der Waals surface area contributed by atoms with Crippen molar-refractivity contribution in [2.24, 2.45) is 5.92 Å². The Morgan fingerprint density at radius 3 is 2.72 bits per heavy atom. The van der Waals surface area contributed by atoms with Gasteiger partial charge in [0.2, 0.25) is 5.91 Å². The number of hydrogen-bond donors (Lipinski definition) is 2. The van der Waals surface area contributed by atoms with Crippen molar-refractivity contribution in [2.45, 2.75) is 26.8 Å². The molecule has 0 spiro atoms. The second-order valence-corrected chi connectivity index (χ2v) is 5.34. The molecule has 1 aromatic heterocycles. The van der Waals surface area contributed by atoms with Gasteiger partial charge in [0.15, 0.2) is 0 Å². The van der Waals surface area contributed by atoms with Gasteiger partial charge in [-0.3, -0.25) is 9.59 Å². The smallest absolute Gasteiger partial charge is 0.253 e. The van der Waals surface area contributed by atoms with E-state index in [9.17, 15) is 9.59 Å². The molecule has 0 radical (unpaired) electrons. The second-order valence-electron chi connectivity index (χ2n) is 4.97. The predicted octanol–water partition coefficient (Wildman–Crippen LogP) is 1.27. The summed E-state index contributed by atoms with van der Waals surface area (Å²) in [4.78, 5) is 28.3. The molecular weight excluding hydrogens is 248 g/mol. The van der Waals surface area contributed by atoms with Crippen LogP contribution in [0, 0.1) is 19.8 Å². The highest BCUT2D eigenvalue weighted by atomic mass is 32.1. The number of H-pyrrole nitrogens is 1. The number of thiol groups is 1. The Bertz CT molecular complexity index is 524. The first-order valence-electron chi connectivity index (χ1n) is 6.09. The predicted molar refractivity (Wildman–Crippen MR) is 73.9 cm³/mol. The molecule has 18 heavy (non-hydrogen) atoms.